The Kier molecular flexibility index (Phi) is 3.97. The summed E-state index contributed by atoms with van der Waals surface area (Å²) in [6.07, 6.45) is 1.28. The van der Waals surface area contributed by atoms with Gasteiger partial charge in [0.15, 0.2) is 0 Å². The van der Waals surface area contributed by atoms with Gasteiger partial charge < -0.3 is 4.79 Å². The number of carbonyl (C=O) groups excluding carboxylic acids is 1. The summed E-state index contributed by atoms with van der Waals surface area (Å²) in [4.78, 5) is 10.7. The first kappa shape index (κ1) is 10.3. The topological polar surface area (TPSA) is 17.1 Å². The van der Waals surface area contributed by atoms with E-state index in [1.165, 1.54) is 0 Å². The molecule has 1 unspecified atom stereocenters. The Morgan fingerprint density at radius 1 is 1.38 bits per heavy atom. The van der Waals surface area contributed by atoms with Crippen LogP contribution >= 0.6 is 11.6 Å². The molecule has 0 amide bonds. The predicted octanol–water partition coefficient (Wildman–Crippen LogP) is 3.34. The van der Waals surface area contributed by atoms with Crippen molar-refractivity contribution in [1.29, 1.82) is 0 Å². The second-order valence-corrected chi connectivity index (χ2v) is 3.65. The number of hydrogen-bond donors (Lipinski definition) is 0. The van der Waals surface area contributed by atoms with E-state index in [9.17, 15) is 4.79 Å². The van der Waals surface area contributed by atoms with Crippen molar-refractivity contribution in [3.63, 3.8) is 0 Å². The van der Waals surface area contributed by atoms with Gasteiger partial charge in [-0.2, -0.15) is 0 Å². The van der Waals surface area contributed by atoms with Crippen molar-refractivity contribution in [3.05, 3.63) is 35.9 Å². The summed E-state index contributed by atoms with van der Waals surface area (Å²) in [7, 11) is 0. The number of alkyl halides is 1. The highest BCUT2D eigenvalue weighted by Gasteiger charge is 2.07. The van der Waals surface area contributed by atoms with Gasteiger partial charge >= 0.3 is 0 Å². The van der Waals surface area contributed by atoms with Crippen LogP contribution in [0, 0.1) is 0 Å². The zero-order chi connectivity index (χ0) is 9.68. The van der Waals surface area contributed by atoms with Crippen molar-refractivity contribution in [1.82, 2.24) is 0 Å². The molecule has 1 rings (SSSR count). The van der Waals surface area contributed by atoms with Crippen LogP contribution in [0.4, 0.5) is 0 Å². The van der Waals surface area contributed by atoms with E-state index in [0.29, 0.717) is 6.42 Å². The summed E-state index contributed by atoms with van der Waals surface area (Å²) in [6.45, 7) is 1.59. The van der Waals surface area contributed by atoms with Crippen LogP contribution in [0.25, 0.3) is 0 Å². The van der Waals surface area contributed by atoms with Crippen LogP contribution in [-0.4, -0.2) is 5.78 Å². The number of rotatable bonds is 4. The summed E-state index contributed by atoms with van der Waals surface area (Å²) < 4.78 is 0. The molecule has 0 aliphatic heterocycles. The van der Waals surface area contributed by atoms with Gasteiger partial charge in [-0.1, -0.05) is 30.3 Å². The summed E-state index contributed by atoms with van der Waals surface area (Å²) in [5, 5.41) is -0.0369. The van der Waals surface area contributed by atoms with Crippen molar-refractivity contribution < 1.29 is 4.79 Å². The highest BCUT2D eigenvalue weighted by atomic mass is 35.5. The van der Waals surface area contributed by atoms with E-state index in [1.807, 2.05) is 30.3 Å². The van der Waals surface area contributed by atoms with Gasteiger partial charge in [0.25, 0.3) is 0 Å². The molecule has 0 spiro atoms. The molecular weight excluding hydrogens is 184 g/mol. The minimum absolute atomic E-state index is 0.0369. The third-order valence-electron chi connectivity index (χ3n) is 1.91. The Morgan fingerprint density at radius 2 is 2.00 bits per heavy atom. The number of halogens is 1. The zero-order valence-electron chi connectivity index (χ0n) is 7.66. The van der Waals surface area contributed by atoms with Gasteiger partial charge in [0.05, 0.1) is 5.38 Å². The lowest BCUT2D eigenvalue weighted by Gasteiger charge is -2.07. The molecule has 0 aliphatic carbocycles. The summed E-state index contributed by atoms with van der Waals surface area (Å²) in [5.41, 5.74) is 1.09. The standard InChI is InChI=1S/C11H13ClO/c1-9(13)7-8-11(12)10-5-3-2-4-6-10/h2-6,11H,7-8H2,1H3. The normalized spacial score (nSPS) is 12.5. The first-order valence-electron chi connectivity index (χ1n) is 4.38. The number of benzene rings is 1. The van der Waals surface area contributed by atoms with Crippen molar-refractivity contribution in [3.8, 4) is 0 Å². The van der Waals surface area contributed by atoms with Crippen LogP contribution in [0.1, 0.15) is 30.7 Å². The Labute approximate surface area is 83.7 Å². The van der Waals surface area contributed by atoms with E-state index in [0.717, 1.165) is 12.0 Å². The largest absolute Gasteiger partial charge is 0.300 e. The van der Waals surface area contributed by atoms with Crippen molar-refractivity contribution in [2.45, 2.75) is 25.1 Å². The second-order valence-electron chi connectivity index (χ2n) is 3.12. The fraction of sp³-hybridized carbons (Fsp3) is 0.364. The molecule has 0 heterocycles. The average Bonchev–Trinajstić information content (AvgIpc) is 2.15. The van der Waals surface area contributed by atoms with E-state index < -0.39 is 0 Å². The number of Topliss-reactive ketones (excluding diaryl/α,β-unsaturated/α-hetero) is 1. The third kappa shape index (κ3) is 3.60. The lowest BCUT2D eigenvalue weighted by atomic mass is 10.1. The summed E-state index contributed by atoms with van der Waals surface area (Å²) in [6, 6.07) is 9.84. The molecule has 0 saturated heterocycles. The van der Waals surface area contributed by atoms with Crippen LogP contribution < -0.4 is 0 Å². The first-order chi connectivity index (χ1) is 6.20. The number of hydrogen-bond acceptors (Lipinski definition) is 1. The molecule has 1 atom stereocenters. The molecule has 0 saturated carbocycles. The Bertz CT molecular complexity index is 269. The minimum Gasteiger partial charge on any atom is -0.300 e. The van der Waals surface area contributed by atoms with E-state index in [4.69, 9.17) is 11.6 Å². The molecule has 0 fully saturated rings. The van der Waals surface area contributed by atoms with Crippen LogP contribution in [-0.2, 0) is 4.79 Å². The van der Waals surface area contributed by atoms with Crippen molar-refractivity contribution >= 4 is 17.4 Å². The Hall–Kier alpha value is -0.820. The molecule has 0 bridgehead atoms. The average molecular weight is 197 g/mol. The van der Waals surface area contributed by atoms with Gasteiger partial charge in [0, 0.05) is 6.42 Å². The van der Waals surface area contributed by atoms with Gasteiger partial charge in [-0.15, -0.1) is 11.6 Å². The molecule has 1 nitrogen and oxygen atoms in total. The Balaban J connectivity index is 2.49. The maximum atomic E-state index is 10.7. The fourth-order valence-electron chi connectivity index (χ4n) is 1.16. The van der Waals surface area contributed by atoms with Crippen molar-refractivity contribution in [2.75, 3.05) is 0 Å². The van der Waals surface area contributed by atoms with E-state index in [2.05, 4.69) is 0 Å². The van der Waals surface area contributed by atoms with Gasteiger partial charge in [-0.25, -0.2) is 0 Å². The quantitative estimate of drug-likeness (QED) is 0.676. The molecule has 0 N–H and O–H groups in total. The van der Waals surface area contributed by atoms with Crippen molar-refractivity contribution in [2.24, 2.45) is 0 Å². The first-order valence-corrected chi connectivity index (χ1v) is 4.82. The lowest BCUT2D eigenvalue weighted by molar-refractivity contribution is -0.117. The molecule has 0 aliphatic rings. The van der Waals surface area contributed by atoms with E-state index >= 15 is 0 Å². The van der Waals surface area contributed by atoms with Crippen LogP contribution in [0.15, 0.2) is 30.3 Å². The number of ketones is 1. The van der Waals surface area contributed by atoms with E-state index in [-0.39, 0.29) is 11.2 Å². The summed E-state index contributed by atoms with van der Waals surface area (Å²) in [5.74, 6) is 0.196. The Morgan fingerprint density at radius 3 is 2.54 bits per heavy atom. The lowest BCUT2D eigenvalue weighted by Crippen LogP contribution is -1.95. The SMILES string of the molecule is CC(=O)CCC(Cl)c1ccccc1. The van der Waals surface area contributed by atoms with Crippen LogP contribution in [0.2, 0.25) is 0 Å². The van der Waals surface area contributed by atoms with Gasteiger partial charge in [0.1, 0.15) is 5.78 Å². The van der Waals surface area contributed by atoms with Crippen LogP contribution in [0.5, 0.6) is 0 Å². The molecule has 1 aromatic rings. The van der Waals surface area contributed by atoms with E-state index in [1.54, 1.807) is 6.92 Å². The summed E-state index contributed by atoms with van der Waals surface area (Å²) >= 11 is 6.10. The van der Waals surface area contributed by atoms with Crippen LogP contribution in [0.3, 0.4) is 0 Å². The molecule has 1 aromatic carbocycles. The van der Waals surface area contributed by atoms with Gasteiger partial charge in [0.2, 0.25) is 0 Å². The maximum absolute atomic E-state index is 10.7. The monoisotopic (exact) mass is 196 g/mol. The molecule has 2 heteroatoms. The zero-order valence-corrected chi connectivity index (χ0v) is 8.42. The van der Waals surface area contributed by atoms with Gasteiger partial charge in [-0.05, 0) is 18.9 Å². The smallest absolute Gasteiger partial charge is 0.129 e. The minimum atomic E-state index is -0.0369. The fourth-order valence-corrected chi connectivity index (χ4v) is 1.41. The maximum Gasteiger partial charge on any atom is 0.129 e. The predicted molar refractivity (Wildman–Crippen MR) is 55.0 cm³/mol. The molecular formula is C11H13ClO. The molecule has 0 aromatic heterocycles. The highest BCUT2D eigenvalue weighted by molar-refractivity contribution is 6.20. The van der Waals surface area contributed by atoms with Gasteiger partial charge in [-0.3, -0.25) is 0 Å². The highest BCUT2D eigenvalue weighted by Crippen LogP contribution is 2.24. The molecule has 13 heavy (non-hydrogen) atoms. The third-order valence-corrected chi connectivity index (χ3v) is 2.38. The molecule has 70 valence electrons. The number of carbonyl (C=O) groups is 1. The molecule has 0 radical (unpaired) electrons. The second kappa shape index (κ2) is 5.03.